The Morgan fingerprint density at radius 3 is 2.81 bits per heavy atom. The Hall–Kier alpha value is 0.130. The summed E-state index contributed by atoms with van der Waals surface area (Å²) in [6.07, 6.45) is 2.28. The Bertz CT molecular complexity index is 306. The maximum absolute atomic E-state index is 5.85. The van der Waals surface area contributed by atoms with Crippen molar-refractivity contribution >= 4 is 36.2 Å². The van der Waals surface area contributed by atoms with Crippen LogP contribution in [0.5, 0.6) is 0 Å². The van der Waals surface area contributed by atoms with Gasteiger partial charge in [0.25, 0.3) is 0 Å². The number of likely N-dealkylation sites (tertiary alicyclic amines) is 1. The molecular formula is C10H19Cl2N3S. The molecule has 1 fully saturated rings. The van der Waals surface area contributed by atoms with Crippen LogP contribution in [0.1, 0.15) is 17.0 Å². The van der Waals surface area contributed by atoms with Crippen molar-refractivity contribution in [2.24, 2.45) is 5.73 Å². The molecule has 1 aliphatic heterocycles. The molecule has 0 amide bonds. The van der Waals surface area contributed by atoms with Crippen LogP contribution < -0.4 is 5.73 Å². The minimum atomic E-state index is 0. The van der Waals surface area contributed by atoms with Gasteiger partial charge in [-0.05, 0) is 26.3 Å². The van der Waals surface area contributed by atoms with E-state index >= 15 is 0 Å². The fourth-order valence-corrected chi connectivity index (χ4v) is 2.66. The van der Waals surface area contributed by atoms with E-state index in [0.29, 0.717) is 6.04 Å². The quantitative estimate of drug-likeness (QED) is 0.921. The van der Waals surface area contributed by atoms with Crippen LogP contribution in [0.3, 0.4) is 0 Å². The van der Waals surface area contributed by atoms with Crippen LogP contribution in [0.15, 0.2) is 5.51 Å². The lowest BCUT2D eigenvalue weighted by atomic mass is 10.3. The van der Waals surface area contributed by atoms with Gasteiger partial charge in [0.2, 0.25) is 0 Å². The monoisotopic (exact) mass is 283 g/mol. The van der Waals surface area contributed by atoms with Gasteiger partial charge >= 0.3 is 0 Å². The van der Waals surface area contributed by atoms with Crippen LogP contribution in [0.2, 0.25) is 0 Å². The van der Waals surface area contributed by atoms with Crippen LogP contribution in [0, 0.1) is 6.92 Å². The van der Waals surface area contributed by atoms with Gasteiger partial charge in [-0.25, -0.2) is 4.98 Å². The Morgan fingerprint density at radius 1 is 1.56 bits per heavy atom. The van der Waals surface area contributed by atoms with Gasteiger partial charge in [-0.1, -0.05) is 0 Å². The number of nitrogens with two attached hydrogens (primary N) is 1. The second kappa shape index (κ2) is 7.45. The van der Waals surface area contributed by atoms with Crippen molar-refractivity contribution in [1.82, 2.24) is 9.88 Å². The highest BCUT2D eigenvalue weighted by Crippen LogP contribution is 2.14. The summed E-state index contributed by atoms with van der Waals surface area (Å²) in [6, 6.07) is 0.401. The number of halogens is 2. The van der Waals surface area contributed by atoms with E-state index in [1.165, 1.54) is 17.1 Å². The molecule has 1 unspecified atom stereocenters. The SMILES string of the molecule is Cc1ncsc1CCN1CCC(N)C1.Cl.Cl. The number of aromatic nitrogens is 1. The molecule has 94 valence electrons. The molecular weight excluding hydrogens is 265 g/mol. The molecule has 6 heteroatoms. The second-order valence-electron chi connectivity index (χ2n) is 3.96. The molecule has 1 aromatic rings. The smallest absolute Gasteiger partial charge is 0.0797 e. The van der Waals surface area contributed by atoms with Crippen LogP contribution in [-0.4, -0.2) is 35.6 Å². The van der Waals surface area contributed by atoms with Gasteiger partial charge in [-0.15, -0.1) is 36.2 Å². The number of thiazole rings is 1. The van der Waals surface area contributed by atoms with Crippen molar-refractivity contribution in [3.8, 4) is 0 Å². The molecule has 1 aromatic heterocycles. The zero-order chi connectivity index (χ0) is 9.97. The third-order valence-electron chi connectivity index (χ3n) is 2.81. The van der Waals surface area contributed by atoms with Crippen molar-refractivity contribution in [2.75, 3.05) is 19.6 Å². The van der Waals surface area contributed by atoms with Gasteiger partial charge in [-0.3, -0.25) is 0 Å². The topological polar surface area (TPSA) is 42.2 Å². The maximum atomic E-state index is 5.85. The van der Waals surface area contributed by atoms with E-state index in [1.54, 1.807) is 11.3 Å². The van der Waals surface area contributed by atoms with Gasteiger partial charge in [-0.2, -0.15) is 0 Å². The molecule has 0 aliphatic carbocycles. The minimum absolute atomic E-state index is 0. The van der Waals surface area contributed by atoms with Crippen LogP contribution in [0.4, 0.5) is 0 Å². The molecule has 2 N–H and O–H groups in total. The van der Waals surface area contributed by atoms with E-state index in [0.717, 1.165) is 25.9 Å². The van der Waals surface area contributed by atoms with Crippen LogP contribution >= 0.6 is 36.2 Å². The Kier molecular flexibility index (Phi) is 7.52. The first-order valence-electron chi connectivity index (χ1n) is 5.12. The number of hydrogen-bond donors (Lipinski definition) is 1. The number of hydrogen-bond acceptors (Lipinski definition) is 4. The van der Waals surface area contributed by atoms with E-state index in [4.69, 9.17) is 5.73 Å². The average Bonchev–Trinajstić information content (AvgIpc) is 2.72. The first kappa shape index (κ1) is 16.1. The molecule has 0 spiro atoms. The highest BCUT2D eigenvalue weighted by atomic mass is 35.5. The Morgan fingerprint density at radius 2 is 2.31 bits per heavy atom. The standard InChI is InChI=1S/C10H17N3S.2ClH/c1-8-10(14-7-12-8)3-5-13-4-2-9(11)6-13;;/h7,9H,2-6,11H2,1H3;2*1H. The lowest BCUT2D eigenvalue weighted by molar-refractivity contribution is 0.339. The van der Waals surface area contributed by atoms with Crippen molar-refractivity contribution in [2.45, 2.75) is 25.8 Å². The summed E-state index contributed by atoms with van der Waals surface area (Å²) in [5, 5.41) is 0. The first-order valence-corrected chi connectivity index (χ1v) is 6.00. The summed E-state index contributed by atoms with van der Waals surface area (Å²) >= 11 is 1.76. The normalized spacial score (nSPS) is 20.2. The zero-order valence-electron chi connectivity index (χ0n) is 9.39. The highest BCUT2D eigenvalue weighted by Gasteiger charge is 2.18. The first-order chi connectivity index (χ1) is 6.75. The maximum Gasteiger partial charge on any atom is 0.0797 e. The average molecular weight is 284 g/mol. The van der Waals surface area contributed by atoms with E-state index in [9.17, 15) is 0 Å². The predicted molar refractivity (Wildman–Crippen MR) is 74.1 cm³/mol. The van der Waals surface area contributed by atoms with Gasteiger partial charge in [0, 0.05) is 24.0 Å². The molecule has 0 bridgehead atoms. The fraction of sp³-hybridized carbons (Fsp3) is 0.700. The summed E-state index contributed by atoms with van der Waals surface area (Å²) in [5.41, 5.74) is 8.98. The van der Waals surface area contributed by atoms with Crippen molar-refractivity contribution in [3.63, 3.8) is 0 Å². The Balaban J connectivity index is 0.00000112. The highest BCUT2D eigenvalue weighted by molar-refractivity contribution is 7.09. The van der Waals surface area contributed by atoms with Crippen molar-refractivity contribution in [3.05, 3.63) is 16.1 Å². The molecule has 3 nitrogen and oxygen atoms in total. The van der Waals surface area contributed by atoms with Crippen LogP contribution in [0.25, 0.3) is 0 Å². The van der Waals surface area contributed by atoms with Gasteiger partial charge in [0.1, 0.15) is 0 Å². The molecule has 0 aromatic carbocycles. The largest absolute Gasteiger partial charge is 0.326 e. The van der Waals surface area contributed by atoms with Gasteiger partial charge in [0.15, 0.2) is 0 Å². The number of nitrogens with zero attached hydrogens (tertiary/aromatic N) is 2. The zero-order valence-corrected chi connectivity index (χ0v) is 11.8. The lowest BCUT2D eigenvalue weighted by Gasteiger charge is -2.14. The molecule has 0 radical (unpaired) electrons. The molecule has 2 rings (SSSR count). The van der Waals surface area contributed by atoms with E-state index < -0.39 is 0 Å². The van der Waals surface area contributed by atoms with E-state index in [-0.39, 0.29) is 24.8 Å². The molecule has 1 saturated heterocycles. The Labute approximate surface area is 113 Å². The third kappa shape index (κ3) is 4.18. The molecule has 1 aliphatic rings. The molecule has 2 heterocycles. The molecule has 1 atom stereocenters. The number of rotatable bonds is 3. The molecule has 0 saturated carbocycles. The lowest BCUT2D eigenvalue weighted by Crippen LogP contribution is -2.28. The van der Waals surface area contributed by atoms with Crippen LogP contribution in [-0.2, 0) is 6.42 Å². The van der Waals surface area contributed by atoms with Crippen molar-refractivity contribution < 1.29 is 0 Å². The summed E-state index contributed by atoms with van der Waals surface area (Å²) in [7, 11) is 0. The third-order valence-corrected chi connectivity index (χ3v) is 3.80. The van der Waals surface area contributed by atoms with Gasteiger partial charge < -0.3 is 10.6 Å². The second-order valence-corrected chi connectivity index (χ2v) is 4.90. The van der Waals surface area contributed by atoms with Crippen molar-refractivity contribution in [1.29, 1.82) is 0 Å². The van der Waals surface area contributed by atoms with Gasteiger partial charge in [0.05, 0.1) is 11.2 Å². The number of aryl methyl sites for hydroxylation is 1. The summed E-state index contributed by atoms with van der Waals surface area (Å²) in [4.78, 5) is 8.12. The molecule has 16 heavy (non-hydrogen) atoms. The van der Waals surface area contributed by atoms with E-state index in [1.807, 2.05) is 5.51 Å². The minimum Gasteiger partial charge on any atom is -0.326 e. The summed E-state index contributed by atoms with van der Waals surface area (Å²) in [5.74, 6) is 0. The van der Waals surface area contributed by atoms with E-state index in [2.05, 4.69) is 16.8 Å². The predicted octanol–water partition coefficient (Wildman–Crippen LogP) is 1.87. The summed E-state index contributed by atoms with van der Waals surface area (Å²) in [6.45, 7) is 5.45. The fourth-order valence-electron chi connectivity index (χ4n) is 1.89. The summed E-state index contributed by atoms with van der Waals surface area (Å²) < 4.78 is 0.